The number of rotatable bonds is 2. The highest BCUT2D eigenvalue weighted by Gasteiger charge is 2.54. The van der Waals surface area contributed by atoms with E-state index in [1.54, 1.807) is 0 Å². The first-order valence-electron chi connectivity index (χ1n) is 11.1. The molecular weight excluding hydrogens is 414 g/mol. The van der Waals surface area contributed by atoms with Crippen LogP contribution in [0.2, 0.25) is 0 Å². The first kappa shape index (κ1) is 24.0. The fourth-order valence-electron chi connectivity index (χ4n) is 5.16. The number of hydrogen-bond donors (Lipinski definition) is 4. The summed E-state index contributed by atoms with van der Waals surface area (Å²) in [5.74, 6) is -0.126. The Bertz CT molecular complexity index is 852. The van der Waals surface area contributed by atoms with Crippen LogP contribution in [0.4, 0.5) is 5.69 Å². The molecule has 0 bridgehead atoms. The molecule has 1 aromatic rings. The van der Waals surface area contributed by atoms with Crippen LogP contribution < -0.4 is 10.6 Å². The molecule has 1 spiro atoms. The van der Waals surface area contributed by atoms with Crippen molar-refractivity contribution in [3.63, 3.8) is 0 Å². The molecule has 9 nitrogen and oxygen atoms in total. The fraction of sp³-hybridized carbons (Fsp3) is 0.609. The summed E-state index contributed by atoms with van der Waals surface area (Å²) < 4.78 is 6.07. The lowest BCUT2D eigenvalue weighted by Gasteiger charge is -2.53. The van der Waals surface area contributed by atoms with E-state index in [1.165, 1.54) is 12.5 Å². The molecule has 1 aromatic carbocycles. The molecule has 2 amide bonds. The largest absolute Gasteiger partial charge is 0.483 e. The van der Waals surface area contributed by atoms with Gasteiger partial charge < -0.3 is 30.5 Å². The summed E-state index contributed by atoms with van der Waals surface area (Å²) in [6.07, 6.45) is 2.94. The topological polar surface area (TPSA) is 128 Å². The summed E-state index contributed by atoms with van der Waals surface area (Å²) >= 11 is 0. The zero-order valence-corrected chi connectivity index (χ0v) is 18.7. The number of hydrogen-bond acceptors (Lipinski definition) is 6. The molecule has 9 heteroatoms. The van der Waals surface area contributed by atoms with Crippen molar-refractivity contribution in [1.82, 2.24) is 10.2 Å². The number of piperidine rings is 1. The molecule has 0 unspecified atom stereocenters. The van der Waals surface area contributed by atoms with Gasteiger partial charge in [0.25, 0.3) is 12.4 Å². The minimum atomic E-state index is -0.809. The lowest BCUT2D eigenvalue weighted by Crippen LogP contribution is -2.69. The van der Waals surface area contributed by atoms with Gasteiger partial charge in [-0.15, -0.1) is 0 Å². The molecule has 3 aliphatic heterocycles. The van der Waals surface area contributed by atoms with Crippen LogP contribution in [0.5, 0.6) is 0 Å². The predicted molar refractivity (Wildman–Crippen MR) is 119 cm³/mol. The normalized spacial score (nSPS) is 26.1. The summed E-state index contributed by atoms with van der Waals surface area (Å²) in [6, 6.07) is 5.93. The van der Waals surface area contributed by atoms with Gasteiger partial charge in [0.15, 0.2) is 0 Å². The third-order valence-corrected chi connectivity index (χ3v) is 6.78. The van der Waals surface area contributed by atoms with E-state index < -0.39 is 17.2 Å². The van der Waals surface area contributed by atoms with Gasteiger partial charge in [-0.05, 0) is 50.7 Å². The monoisotopic (exact) mass is 447 g/mol. The maximum Gasteiger partial charge on any atom is 0.290 e. The van der Waals surface area contributed by atoms with Crippen molar-refractivity contribution >= 4 is 24.0 Å². The van der Waals surface area contributed by atoms with E-state index in [2.05, 4.69) is 16.7 Å². The lowest BCUT2D eigenvalue weighted by molar-refractivity contribution is -0.205. The zero-order chi connectivity index (χ0) is 23.4. The Labute approximate surface area is 188 Å². The van der Waals surface area contributed by atoms with Gasteiger partial charge in [-0.3, -0.25) is 14.4 Å². The number of carbonyl (C=O) groups excluding carboxylic acids is 2. The van der Waals surface area contributed by atoms with Gasteiger partial charge in [-0.2, -0.15) is 0 Å². The van der Waals surface area contributed by atoms with Crippen molar-refractivity contribution in [2.75, 3.05) is 31.6 Å². The number of likely N-dealkylation sites (tertiary alicyclic amines) is 1. The highest BCUT2D eigenvalue weighted by atomic mass is 16.5. The molecule has 0 aromatic heterocycles. The smallest absolute Gasteiger partial charge is 0.290 e. The average Bonchev–Trinajstić information content (AvgIpc) is 2.77. The number of benzene rings is 1. The molecule has 2 atom stereocenters. The second-order valence-electron chi connectivity index (χ2n) is 8.93. The molecule has 4 N–H and O–H groups in total. The van der Waals surface area contributed by atoms with E-state index in [4.69, 9.17) is 14.6 Å². The summed E-state index contributed by atoms with van der Waals surface area (Å²) in [5.41, 5.74) is 1.47. The molecule has 0 radical (unpaired) electrons. The number of para-hydroxylation sites is 1. The number of ether oxygens (including phenoxy) is 1. The van der Waals surface area contributed by atoms with Crippen LogP contribution in [0.15, 0.2) is 18.2 Å². The third kappa shape index (κ3) is 4.73. The third-order valence-electron chi connectivity index (χ3n) is 6.78. The Morgan fingerprint density at radius 3 is 2.62 bits per heavy atom. The molecule has 0 saturated carbocycles. The SMILES string of the molecule is CC(=O)N[C@@]1(C)CCOC2(CCN(C(=O)c3cccc4c3NCCC4)CC2)[C@@H]1O.O=CO. The Kier molecular flexibility index (Phi) is 7.40. The van der Waals surface area contributed by atoms with Gasteiger partial charge in [-0.1, -0.05) is 12.1 Å². The number of nitrogens with one attached hydrogen (secondary N) is 2. The highest BCUT2D eigenvalue weighted by Crippen LogP contribution is 2.40. The number of anilines is 1. The molecule has 32 heavy (non-hydrogen) atoms. The molecule has 0 aliphatic carbocycles. The zero-order valence-electron chi connectivity index (χ0n) is 18.7. The second kappa shape index (κ2) is 9.87. The first-order valence-corrected chi connectivity index (χ1v) is 11.1. The quantitative estimate of drug-likeness (QED) is 0.505. The highest BCUT2D eigenvalue weighted by molar-refractivity contribution is 6.00. The van der Waals surface area contributed by atoms with Gasteiger partial charge >= 0.3 is 0 Å². The van der Waals surface area contributed by atoms with Gasteiger partial charge in [0, 0.05) is 33.2 Å². The summed E-state index contributed by atoms with van der Waals surface area (Å²) in [5, 5.41) is 24.3. The van der Waals surface area contributed by atoms with Crippen LogP contribution in [0, 0.1) is 0 Å². The maximum absolute atomic E-state index is 13.2. The van der Waals surface area contributed by atoms with Gasteiger partial charge in [0.2, 0.25) is 5.91 Å². The predicted octanol–water partition coefficient (Wildman–Crippen LogP) is 1.40. The molecule has 3 aliphatic rings. The lowest BCUT2D eigenvalue weighted by atomic mass is 9.73. The molecule has 2 fully saturated rings. The summed E-state index contributed by atoms with van der Waals surface area (Å²) in [7, 11) is 0. The van der Waals surface area contributed by atoms with Crippen molar-refractivity contribution in [3.8, 4) is 0 Å². The Morgan fingerprint density at radius 2 is 1.97 bits per heavy atom. The number of aryl methyl sites for hydroxylation is 1. The van der Waals surface area contributed by atoms with Crippen LogP contribution in [0.3, 0.4) is 0 Å². The van der Waals surface area contributed by atoms with E-state index in [0.717, 1.165) is 30.6 Å². The number of aliphatic hydroxyl groups excluding tert-OH is 1. The van der Waals surface area contributed by atoms with Crippen molar-refractivity contribution < 1.29 is 29.3 Å². The van der Waals surface area contributed by atoms with Gasteiger partial charge in [0.05, 0.1) is 22.4 Å². The van der Waals surface area contributed by atoms with Crippen LogP contribution in [-0.2, 0) is 20.7 Å². The molecule has 176 valence electrons. The Morgan fingerprint density at radius 1 is 1.28 bits per heavy atom. The molecule has 2 saturated heterocycles. The number of carbonyl (C=O) groups is 3. The van der Waals surface area contributed by atoms with Crippen molar-refractivity contribution in [3.05, 3.63) is 29.3 Å². The van der Waals surface area contributed by atoms with E-state index in [-0.39, 0.29) is 18.3 Å². The minimum Gasteiger partial charge on any atom is -0.483 e. The van der Waals surface area contributed by atoms with E-state index in [0.29, 0.717) is 39.0 Å². The first-order chi connectivity index (χ1) is 15.3. The minimum absolute atomic E-state index is 0.0287. The molecule has 4 rings (SSSR count). The Balaban J connectivity index is 0.000000913. The van der Waals surface area contributed by atoms with Crippen molar-refractivity contribution in [2.24, 2.45) is 0 Å². The fourth-order valence-corrected chi connectivity index (χ4v) is 5.16. The number of aliphatic hydroxyl groups is 1. The van der Waals surface area contributed by atoms with Crippen LogP contribution in [0.1, 0.15) is 55.5 Å². The standard InChI is InChI=1S/C22H31N3O4.CH2O2/c1-15(26)24-21(2)10-14-29-22(20(21)28)8-12-25(13-9-22)19(27)17-7-3-5-16-6-4-11-23-18(16)17;2-1-3/h3,5,7,20,23,28H,4,6,8-14H2,1-2H3,(H,24,26);1H,(H,2,3)/t20-,21+;/m1./s1. The summed E-state index contributed by atoms with van der Waals surface area (Å²) in [4.78, 5) is 35.1. The maximum atomic E-state index is 13.2. The number of nitrogens with zero attached hydrogens (tertiary/aromatic N) is 1. The van der Waals surface area contributed by atoms with Crippen LogP contribution in [-0.4, -0.2) is 76.9 Å². The van der Waals surface area contributed by atoms with E-state index >= 15 is 0 Å². The number of carboxylic acid groups (broad SMARTS) is 1. The van der Waals surface area contributed by atoms with E-state index in [9.17, 15) is 14.7 Å². The van der Waals surface area contributed by atoms with Crippen LogP contribution >= 0.6 is 0 Å². The van der Waals surface area contributed by atoms with Gasteiger partial charge in [0.1, 0.15) is 6.10 Å². The Hall–Kier alpha value is -2.65. The van der Waals surface area contributed by atoms with Crippen molar-refractivity contribution in [2.45, 2.75) is 63.2 Å². The number of amides is 2. The van der Waals surface area contributed by atoms with Crippen LogP contribution in [0.25, 0.3) is 0 Å². The van der Waals surface area contributed by atoms with Gasteiger partial charge in [-0.25, -0.2) is 0 Å². The number of fused-ring (bicyclic) bond motifs is 1. The molecular formula is C23H33N3O6. The van der Waals surface area contributed by atoms with Crippen molar-refractivity contribution in [1.29, 1.82) is 0 Å². The second-order valence-corrected chi connectivity index (χ2v) is 8.93. The van der Waals surface area contributed by atoms with E-state index in [1.807, 2.05) is 24.0 Å². The average molecular weight is 448 g/mol. The summed E-state index contributed by atoms with van der Waals surface area (Å²) in [6.45, 7) is 5.52. The molecule has 3 heterocycles.